The van der Waals surface area contributed by atoms with Gasteiger partial charge in [-0.2, -0.15) is 0 Å². The molecule has 0 aromatic carbocycles. The Morgan fingerprint density at radius 1 is 1.86 bits per heavy atom. The maximum Gasteiger partial charge on any atom is 0.147 e. The first kappa shape index (κ1) is 4.05. The van der Waals surface area contributed by atoms with E-state index in [1.165, 1.54) is 6.21 Å². The Morgan fingerprint density at radius 2 is 2.71 bits per heavy atom. The van der Waals surface area contributed by atoms with Gasteiger partial charge in [-0.3, -0.25) is 0 Å². The summed E-state index contributed by atoms with van der Waals surface area (Å²) < 4.78 is 0. The molecule has 0 bridgehead atoms. The third-order valence-corrected chi connectivity index (χ3v) is 0.656. The number of nitrogens with zero attached hydrogens (tertiary/aromatic N) is 1. The van der Waals surface area contributed by atoms with Crippen LogP contribution in [0.25, 0.3) is 0 Å². The molecule has 0 saturated carbocycles. The van der Waals surface area contributed by atoms with Crippen LogP contribution in [0.2, 0.25) is 0 Å². The summed E-state index contributed by atoms with van der Waals surface area (Å²) in [5.74, 6) is 0.597. The van der Waals surface area contributed by atoms with Crippen LogP contribution in [-0.4, -0.2) is 16.2 Å². The Hall–Kier alpha value is -1.12. The van der Waals surface area contributed by atoms with Crippen molar-refractivity contribution in [1.29, 1.82) is 5.41 Å². The van der Waals surface area contributed by atoms with Crippen LogP contribution in [0.5, 0.6) is 0 Å². The van der Waals surface area contributed by atoms with Crippen molar-refractivity contribution in [1.82, 2.24) is 9.97 Å². The normalized spacial score (nSPS) is 8.57. The molecular weight excluding hydrogens is 90.1 g/mol. The van der Waals surface area contributed by atoms with Gasteiger partial charge in [0.2, 0.25) is 0 Å². The summed E-state index contributed by atoms with van der Waals surface area (Å²) in [5.41, 5.74) is 0. The third-order valence-electron chi connectivity index (χ3n) is 0.656. The lowest BCUT2D eigenvalue weighted by Gasteiger charge is -1.71. The third kappa shape index (κ3) is 0.652. The van der Waals surface area contributed by atoms with Gasteiger partial charge in [0.1, 0.15) is 5.82 Å². The predicted molar refractivity (Wildman–Crippen MR) is 26.5 cm³/mol. The number of H-pyrrole nitrogens is 1. The van der Waals surface area contributed by atoms with Crippen LogP contribution in [-0.2, 0) is 0 Å². The van der Waals surface area contributed by atoms with Crippen LogP contribution in [0.1, 0.15) is 5.82 Å². The van der Waals surface area contributed by atoms with Crippen LogP contribution in [0.15, 0.2) is 12.4 Å². The van der Waals surface area contributed by atoms with Gasteiger partial charge < -0.3 is 10.4 Å². The van der Waals surface area contributed by atoms with Crippen molar-refractivity contribution in [3.05, 3.63) is 18.2 Å². The SMILES string of the molecule is N=Cc1ncc[nH]1. The summed E-state index contributed by atoms with van der Waals surface area (Å²) in [5, 5.41) is 6.64. The van der Waals surface area contributed by atoms with Crippen LogP contribution >= 0.6 is 0 Å². The molecule has 0 saturated heterocycles. The summed E-state index contributed by atoms with van der Waals surface area (Å²) in [4.78, 5) is 6.47. The van der Waals surface area contributed by atoms with Gasteiger partial charge in [-0.05, 0) is 0 Å². The Balaban J connectivity index is 2.96. The predicted octanol–water partition coefficient (Wildman–Crippen LogP) is 0.407. The van der Waals surface area contributed by atoms with E-state index in [-0.39, 0.29) is 0 Å². The van der Waals surface area contributed by atoms with E-state index < -0.39 is 0 Å². The lowest BCUT2D eigenvalue weighted by atomic mass is 10.7. The fourth-order valence-electron chi connectivity index (χ4n) is 0.356. The Bertz CT molecular complexity index is 142. The molecule has 0 amide bonds. The summed E-state index contributed by atoms with van der Waals surface area (Å²) >= 11 is 0. The van der Waals surface area contributed by atoms with E-state index in [4.69, 9.17) is 5.41 Å². The zero-order valence-corrected chi connectivity index (χ0v) is 3.68. The smallest absolute Gasteiger partial charge is 0.147 e. The van der Waals surface area contributed by atoms with E-state index in [2.05, 4.69) is 9.97 Å². The molecular formula is C4H5N3. The van der Waals surface area contributed by atoms with E-state index >= 15 is 0 Å². The van der Waals surface area contributed by atoms with Gasteiger partial charge in [0.25, 0.3) is 0 Å². The molecule has 0 fully saturated rings. The van der Waals surface area contributed by atoms with Crippen LogP contribution in [0.3, 0.4) is 0 Å². The maximum atomic E-state index is 6.64. The van der Waals surface area contributed by atoms with E-state index in [1.807, 2.05) is 0 Å². The molecule has 0 atom stereocenters. The fourth-order valence-corrected chi connectivity index (χ4v) is 0.356. The number of nitrogens with one attached hydrogen (secondary N) is 2. The zero-order chi connectivity index (χ0) is 5.11. The Kier molecular flexibility index (Phi) is 0.898. The number of imidazole rings is 1. The first-order chi connectivity index (χ1) is 3.43. The van der Waals surface area contributed by atoms with Crippen LogP contribution in [0, 0.1) is 5.41 Å². The molecule has 0 radical (unpaired) electrons. The largest absolute Gasteiger partial charge is 0.344 e. The number of hydrogen-bond donors (Lipinski definition) is 2. The molecule has 1 heterocycles. The second-order valence-corrected chi connectivity index (χ2v) is 1.12. The molecule has 7 heavy (non-hydrogen) atoms. The van der Waals surface area contributed by atoms with Gasteiger partial charge >= 0.3 is 0 Å². The van der Waals surface area contributed by atoms with Crippen molar-refractivity contribution in [3.8, 4) is 0 Å². The number of aromatic amines is 1. The Labute approximate surface area is 40.9 Å². The average molecular weight is 95.1 g/mol. The van der Waals surface area contributed by atoms with Gasteiger partial charge in [-0.25, -0.2) is 4.98 Å². The van der Waals surface area contributed by atoms with Crippen molar-refractivity contribution in [2.45, 2.75) is 0 Å². The van der Waals surface area contributed by atoms with E-state index in [0.29, 0.717) is 5.82 Å². The molecule has 0 unspecified atom stereocenters. The molecule has 1 rings (SSSR count). The Morgan fingerprint density at radius 3 is 3.00 bits per heavy atom. The summed E-state index contributed by atoms with van der Waals surface area (Å²) in [6, 6.07) is 0. The highest BCUT2D eigenvalue weighted by Crippen LogP contribution is 1.77. The number of rotatable bonds is 1. The number of hydrogen-bond acceptors (Lipinski definition) is 2. The van der Waals surface area contributed by atoms with Crippen molar-refractivity contribution in [3.63, 3.8) is 0 Å². The minimum atomic E-state index is 0.597. The molecule has 36 valence electrons. The highest BCUT2D eigenvalue weighted by Gasteiger charge is 1.79. The van der Waals surface area contributed by atoms with Gasteiger partial charge in [-0.1, -0.05) is 0 Å². The van der Waals surface area contributed by atoms with Gasteiger partial charge in [0.15, 0.2) is 0 Å². The van der Waals surface area contributed by atoms with E-state index in [1.54, 1.807) is 12.4 Å². The average Bonchev–Trinajstić information content (AvgIpc) is 2.14. The second kappa shape index (κ2) is 1.55. The molecule has 1 aromatic rings. The quantitative estimate of drug-likeness (QED) is 0.487. The lowest BCUT2D eigenvalue weighted by Crippen LogP contribution is -1.78. The summed E-state index contributed by atoms with van der Waals surface area (Å²) in [6.07, 6.45) is 4.46. The minimum Gasteiger partial charge on any atom is -0.344 e. The summed E-state index contributed by atoms with van der Waals surface area (Å²) in [6.45, 7) is 0. The topological polar surface area (TPSA) is 52.5 Å². The molecule has 3 heteroatoms. The molecule has 1 aromatic heterocycles. The first-order valence-electron chi connectivity index (χ1n) is 1.93. The van der Waals surface area contributed by atoms with Gasteiger partial charge in [0, 0.05) is 12.4 Å². The van der Waals surface area contributed by atoms with E-state index in [0.717, 1.165) is 0 Å². The van der Waals surface area contributed by atoms with Gasteiger partial charge in [0.05, 0.1) is 6.21 Å². The van der Waals surface area contributed by atoms with Gasteiger partial charge in [-0.15, -0.1) is 0 Å². The molecule has 0 aliphatic carbocycles. The van der Waals surface area contributed by atoms with Crippen LogP contribution in [0.4, 0.5) is 0 Å². The molecule has 3 nitrogen and oxygen atoms in total. The van der Waals surface area contributed by atoms with Crippen molar-refractivity contribution in [2.75, 3.05) is 0 Å². The van der Waals surface area contributed by atoms with Crippen molar-refractivity contribution >= 4 is 6.21 Å². The molecule has 0 aliphatic heterocycles. The monoisotopic (exact) mass is 95.0 g/mol. The first-order valence-corrected chi connectivity index (χ1v) is 1.93. The summed E-state index contributed by atoms with van der Waals surface area (Å²) in [7, 11) is 0. The molecule has 2 N–H and O–H groups in total. The highest BCUT2D eigenvalue weighted by atomic mass is 14.9. The van der Waals surface area contributed by atoms with Crippen LogP contribution < -0.4 is 0 Å². The minimum absolute atomic E-state index is 0.597. The molecule has 0 aliphatic rings. The molecule has 0 spiro atoms. The van der Waals surface area contributed by atoms with E-state index in [9.17, 15) is 0 Å². The maximum absolute atomic E-state index is 6.64. The highest BCUT2D eigenvalue weighted by molar-refractivity contribution is 5.70. The zero-order valence-electron chi connectivity index (χ0n) is 3.68. The number of aromatic nitrogens is 2. The lowest BCUT2D eigenvalue weighted by molar-refractivity contribution is 1.26. The van der Waals surface area contributed by atoms with Crippen molar-refractivity contribution in [2.24, 2.45) is 0 Å². The second-order valence-electron chi connectivity index (χ2n) is 1.12. The fraction of sp³-hybridized carbons (Fsp3) is 0. The van der Waals surface area contributed by atoms with Crippen molar-refractivity contribution < 1.29 is 0 Å². The standard InChI is InChI=1S/C4H5N3/c5-3-4-6-1-2-7-4/h1-3,5H,(H,6,7).